The van der Waals surface area contributed by atoms with Gasteiger partial charge in [0.2, 0.25) is 0 Å². The van der Waals surface area contributed by atoms with E-state index in [1.807, 2.05) is 6.07 Å². The van der Waals surface area contributed by atoms with Gasteiger partial charge >= 0.3 is 6.03 Å². The van der Waals surface area contributed by atoms with Crippen molar-refractivity contribution < 1.29 is 9.59 Å². The number of amides is 3. The van der Waals surface area contributed by atoms with E-state index in [0.29, 0.717) is 12.6 Å². The summed E-state index contributed by atoms with van der Waals surface area (Å²) in [5, 5.41) is 4.25. The fourth-order valence-electron chi connectivity index (χ4n) is 6.35. The molecule has 3 fully saturated rings. The number of fused-ring (bicyclic) bond motifs is 1. The smallest absolute Gasteiger partial charge is 0.323 e. The summed E-state index contributed by atoms with van der Waals surface area (Å²) in [6.07, 6.45) is 2.55. The van der Waals surface area contributed by atoms with Crippen molar-refractivity contribution in [1.29, 1.82) is 0 Å². The molecule has 1 aliphatic carbocycles. The van der Waals surface area contributed by atoms with E-state index in [9.17, 15) is 9.59 Å². The number of rotatable bonds is 4. The summed E-state index contributed by atoms with van der Waals surface area (Å²) >= 11 is 1.77. The number of carbonyl (C=O) groups is 2. The van der Waals surface area contributed by atoms with Gasteiger partial charge in [0.1, 0.15) is 10.5 Å². The second-order valence-corrected chi connectivity index (χ2v) is 12.2. The molecule has 0 bridgehead atoms. The van der Waals surface area contributed by atoms with Gasteiger partial charge in [-0.05, 0) is 49.7 Å². The molecule has 1 N–H and O–H groups in total. The average Bonchev–Trinajstić information content (AvgIpc) is 3.27. The maximum Gasteiger partial charge on any atom is 0.326 e. The van der Waals surface area contributed by atoms with E-state index >= 15 is 0 Å². The maximum atomic E-state index is 13.4. The number of hydrogen-bond donors (Lipinski definition) is 1. The normalized spacial score (nSPS) is 29.7. The van der Waals surface area contributed by atoms with E-state index < -0.39 is 5.54 Å². The molecule has 1 spiro atoms. The fraction of sp³-hybridized carbons (Fsp3) is 0.640. The second-order valence-electron chi connectivity index (χ2n) is 11.1. The molecule has 1 saturated carbocycles. The molecule has 2 aromatic rings. The van der Waals surface area contributed by atoms with Crippen LogP contribution in [0.1, 0.15) is 58.0 Å². The molecule has 3 atom stereocenters. The quantitative estimate of drug-likeness (QED) is 0.684. The lowest BCUT2D eigenvalue weighted by Crippen LogP contribution is -2.55. The van der Waals surface area contributed by atoms with Crippen LogP contribution in [-0.2, 0) is 4.79 Å². The third-order valence-corrected chi connectivity index (χ3v) is 8.79. The minimum Gasteiger partial charge on any atom is -0.323 e. The first-order chi connectivity index (χ1) is 15.7. The molecule has 5 rings (SSSR count). The first-order valence-electron chi connectivity index (χ1n) is 12.1. The van der Waals surface area contributed by atoms with E-state index in [0.717, 1.165) is 56.0 Å². The van der Waals surface area contributed by atoms with Crippen molar-refractivity contribution in [3.63, 3.8) is 0 Å². The number of aromatic nitrogens is 1. The lowest BCUT2D eigenvalue weighted by molar-refractivity contribution is -0.136. The molecule has 8 heteroatoms. The van der Waals surface area contributed by atoms with Crippen molar-refractivity contribution in [1.82, 2.24) is 25.0 Å². The summed E-state index contributed by atoms with van der Waals surface area (Å²) in [4.78, 5) is 37.3. The molecular formula is C25H35N5O2S. The van der Waals surface area contributed by atoms with Crippen LogP contribution in [0.15, 0.2) is 24.3 Å². The zero-order valence-corrected chi connectivity index (χ0v) is 21.0. The van der Waals surface area contributed by atoms with E-state index in [4.69, 9.17) is 4.98 Å². The number of piperazine rings is 1. The number of imide groups is 1. The Morgan fingerprint density at radius 3 is 2.58 bits per heavy atom. The Morgan fingerprint density at radius 1 is 1.15 bits per heavy atom. The Labute approximate surface area is 200 Å². The maximum absolute atomic E-state index is 13.4. The van der Waals surface area contributed by atoms with Gasteiger partial charge in [-0.3, -0.25) is 14.6 Å². The van der Waals surface area contributed by atoms with E-state index in [1.54, 1.807) is 11.3 Å². The molecule has 3 heterocycles. The molecule has 0 unspecified atom stereocenters. The van der Waals surface area contributed by atoms with E-state index in [-0.39, 0.29) is 23.4 Å². The van der Waals surface area contributed by atoms with Gasteiger partial charge in [-0.15, -0.1) is 11.3 Å². The number of benzene rings is 1. The Kier molecular flexibility index (Phi) is 5.74. The Morgan fingerprint density at radius 2 is 1.88 bits per heavy atom. The van der Waals surface area contributed by atoms with Crippen molar-refractivity contribution >= 4 is 33.5 Å². The van der Waals surface area contributed by atoms with E-state index in [2.05, 4.69) is 61.0 Å². The molecule has 0 radical (unpaired) electrons. The van der Waals surface area contributed by atoms with Crippen molar-refractivity contribution in [2.45, 2.75) is 58.5 Å². The Balaban J connectivity index is 1.20. The predicted molar refractivity (Wildman–Crippen MR) is 131 cm³/mol. The molecule has 2 saturated heterocycles. The number of nitrogens with one attached hydrogen (secondary N) is 1. The zero-order valence-electron chi connectivity index (χ0n) is 20.1. The molecule has 2 aliphatic heterocycles. The summed E-state index contributed by atoms with van der Waals surface area (Å²) in [5.74, 6) is 0.392. The predicted octanol–water partition coefficient (Wildman–Crippen LogP) is 4.07. The molecule has 3 aliphatic rings. The number of hydrogen-bond acceptors (Lipinski definition) is 6. The Bertz CT molecular complexity index is 1030. The second kappa shape index (κ2) is 8.32. The van der Waals surface area contributed by atoms with Gasteiger partial charge in [0.25, 0.3) is 5.91 Å². The van der Waals surface area contributed by atoms with Crippen LogP contribution in [0.4, 0.5) is 4.79 Å². The summed E-state index contributed by atoms with van der Waals surface area (Å²) in [5.41, 5.74) is 0.399. The number of carbonyl (C=O) groups excluding carboxylic acids is 2. The highest BCUT2D eigenvalue weighted by molar-refractivity contribution is 7.18. The molecule has 178 valence electrons. The van der Waals surface area contributed by atoms with Gasteiger partial charge in [-0.1, -0.05) is 32.9 Å². The van der Waals surface area contributed by atoms with Crippen molar-refractivity contribution in [3.05, 3.63) is 29.3 Å². The van der Waals surface area contributed by atoms with Gasteiger partial charge in [0, 0.05) is 26.2 Å². The number of urea groups is 1. The molecule has 1 aromatic carbocycles. The van der Waals surface area contributed by atoms with E-state index in [1.165, 1.54) is 9.60 Å². The third kappa shape index (κ3) is 4.29. The highest BCUT2D eigenvalue weighted by Crippen LogP contribution is 2.46. The number of thiazole rings is 1. The van der Waals surface area contributed by atoms with Crippen molar-refractivity contribution in [2.24, 2.45) is 11.3 Å². The van der Waals surface area contributed by atoms with Crippen LogP contribution in [-0.4, -0.2) is 70.0 Å². The first kappa shape index (κ1) is 22.7. The van der Waals surface area contributed by atoms with Crippen molar-refractivity contribution in [2.75, 3.05) is 32.8 Å². The van der Waals surface area contributed by atoms with Gasteiger partial charge in [0.15, 0.2) is 0 Å². The average molecular weight is 470 g/mol. The van der Waals surface area contributed by atoms with Crippen LogP contribution in [0.3, 0.4) is 0 Å². The van der Waals surface area contributed by atoms with Crippen LogP contribution in [0.5, 0.6) is 0 Å². The standard InChI is InChI=1S/C25H35N5O2S/c1-17-13-24(3,4)15-25(14-17)22(31)30(23(32)27-25)16-28-9-11-29(12-10-28)18(2)21-26-19-7-5-6-8-20(19)33-21/h5-8,17-18H,9-16H2,1-4H3,(H,27,32)/t17-,18-,25-/m1/s1. The van der Waals surface area contributed by atoms with Crippen LogP contribution in [0.2, 0.25) is 0 Å². The minimum atomic E-state index is -0.721. The SMILES string of the molecule is C[C@@H]1CC(C)(C)C[C@@]2(C1)NC(=O)N(CN1CCN([C@H](C)c3nc4ccccc4s3)CC1)C2=O. The summed E-state index contributed by atoms with van der Waals surface area (Å²) in [6.45, 7) is 12.7. The molecular weight excluding hydrogens is 434 g/mol. The largest absolute Gasteiger partial charge is 0.326 e. The van der Waals surface area contributed by atoms with Gasteiger partial charge in [0.05, 0.1) is 22.9 Å². The molecule has 1 aromatic heterocycles. The first-order valence-corrected chi connectivity index (χ1v) is 12.9. The highest BCUT2D eigenvalue weighted by Gasteiger charge is 2.56. The van der Waals surface area contributed by atoms with Crippen LogP contribution < -0.4 is 5.32 Å². The molecule has 7 nitrogen and oxygen atoms in total. The van der Waals surface area contributed by atoms with Crippen LogP contribution in [0, 0.1) is 11.3 Å². The number of nitrogens with zero attached hydrogens (tertiary/aromatic N) is 4. The topological polar surface area (TPSA) is 68.8 Å². The summed E-state index contributed by atoms with van der Waals surface area (Å²) < 4.78 is 1.23. The highest BCUT2D eigenvalue weighted by atomic mass is 32.1. The summed E-state index contributed by atoms with van der Waals surface area (Å²) in [6, 6.07) is 8.32. The molecule has 3 amide bonds. The minimum absolute atomic E-state index is 0.0302. The van der Waals surface area contributed by atoms with Gasteiger partial charge in [-0.25, -0.2) is 14.7 Å². The lowest BCUT2D eigenvalue weighted by atomic mass is 9.64. The molecule has 33 heavy (non-hydrogen) atoms. The van der Waals surface area contributed by atoms with Gasteiger partial charge in [-0.2, -0.15) is 0 Å². The zero-order chi connectivity index (χ0) is 23.4. The van der Waals surface area contributed by atoms with Crippen molar-refractivity contribution in [3.8, 4) is 0 Å². The fourth-order valence-corrected chi connectivity index (χ4v) is 7.41. The number of para-hydroxylation sites is 1. The van der Waals surface area contributed by atoms with Crippen LogP contribution in [0.25, 0.3) is 10.2 Å². The summed E-state index contributed by atoms with van der Waals surface area (Å²) in [7, 11) is 0. The third-order valence-electron chi connectivity index (χ3n) is 7.59. The Hall–Kier alpha value is -2.03. The lowest BCUT2D eigenvalue weighted by Gasteiger charge is -2.44. The monoisotopic (exact) mass is 469 g/mol. The van der Waals surface area contributed by atoms with Crippen LogP contribution >= 0.6 is 11.3 Å². The van der Waals surface area contributed by atoms with Gasteiger partial charge < -0.3 is 5.32 Å².